The largest absolute Gasteiger partial charge is 0.480 e. The molecule has 3 amide bonds. The van der Waals surface area contributed by atoms with Crippen LogP contribution in [-0.4, -0.2) is 70.3 Å². The molecule has 1 aliphatic carbocycles. The van der Waals surface area contributed by atoms with Gasteiger partial charge >= 0.3 is 18.1 Å². The number of amides is 3. The number of aliphatic carboxylic acids is 1. The second-order valence-corrected chi connectivity index (χ2v) is 6.70. The molecule has 0 aromatic carbocycles. The van der Waals surface area contributed by atoms with Crippen molar-refractivity contribution in [3.63, 3.8) is 0 Å². The van der Waals surface area contributed by atoms with E-state index < -0.39 is 23.7 Å². The number of carbonyl (C=O) groups is 3. The quantitative estimate of drug-likeness (QED) is 0.788. The van der Waals surface area contributed by atoms with Gasteiger partial charge < -0.3 is 20.1 Å². The molecule has 1 heterocycles. The highest BCUT2D eigenvalue weighted by Gasteiger charge is 2.39. The van der Waals surface area contributed by atoms with Crippen LogP contribution in [0.5, 0.6) is 0 Å². The van der Waals surface area contributed by atoms with Crippen molar-refractivity contribution in [3.05, 3.63) is 0 Å². The van der Waals surface area contributed by atoms with Crippen LogP contribution in [0.15, 0.2) is 0 Å². The summed E-state index contributed by atoms with van der Waals surface area (Å²) in [7, 11) is 0. The van der Waals surface area contributed by atoms with E-state index in [2.05, 4.69) is 5.32 Å². The van der Waals surface area contributed by atoms with E-state index in [1.54, 1.807) is 20.8 Å². The molecule has 1 saturated carbocycles. The van der Waals surface area contributed by atoms with Crippen molar-refractivity contribution in [3.8, 4) is 0 Å². The van der Waals surface area contributed by atoms with E-state index in [1.165, 1.54) is 9.80 Å². The number of hydrogen-bond donors (Lipinski definition) is 2. The average molecular weight is 313 g/mol. The minimum absolute atomic E-state index is 0.0346. The van der Waals surface area contributed by atoms with Gasteiger partial charge in [-0.1, -0.05) is 0 Å². The number of nitrogens with one attached hydrogen (secondary N) is 1. The lowest BCUT2D eigenvalue weighted by atomic mass is 10.1. The van der Waals surface area contributed by atoms with Crippen molar-refractivity contribution in [1.82, 2.24) is 15.1 Å². The first-order chi connectivity index (χ1) is 10.2. The van der Waals surface area contributed by atoms with Crippen LogP contribution in [-0.2, 0) is 9.53 Å². The minimum atomic E-state index is -1.14. The summed E-state index contributed by atoms with van der Waals surface area (Å²) < 4.78 is 5.23. The maximum atomic E-state index is 12.1. The second-order valence-electron chi connectivity index (χ2n) is 6.70. The molecule has 1 saturated heterocycles. The molecule has 2 aliphatic rings. The van der Waals surface area contributed by atoms with Crippen molar-refractivity contribution < 1.29 is 24.2 Å². The lowest BCUT2D eigenvalue weighted by Crippen LogP contribution is -2.61. The van der Waals surface area contributed by atoms with Crippen LogP contribution < -0.4 is 5.32 Å². The highest BCUT2D eigenvalue weighted by atomic mass is 16.6. The summed E-state index contributed by atoms with van der Waals surface area (Å²) in [4.78, 5) is 38.2. The maximum absolute atomic E-state index is 12.1. The molecule has 2 rings (SSSR count). The van der Waals surface area contributed by atoms with Gasteiger partial charge in [0, 0.05) is 19.1 Å². The molecule has 0 spiro atoms. The number of ether oxygens (including phenoxy) is 1. The molecule has 0 bridgehead atoms. The zero-order chi connectivity index (χ0) is 16.5. The Balaban J connectivity index is 1.99. The molecule has 8 nitrogen and oxygen atoms in total. The third-order valence-corrected chi connectivity index (χ3v) is 3.49. The van der Waals surface area contributed by atoms with Crippen LogP contribution in [0.3, 0.4) is 0 Å². The minimum Gasteiger partial charge on any atom is -0.480 e. The summed E-state index contributed by atoms with van der Waals surface area (Å²) in [5.41, 5.74) is -0.694. The summed E-state index contributed by atoms with van der Waals surface area (Å²) in [5.74, 6) is -1.14. The Bertz CT molecular complexity index is 470. The van der Waals surface area contributed by atoms with Gasteiger partial charge in [0.25, 0.3) is 0 Å². The Labute approximate surface area is 129 Å². The van der Waals surface area contributed by atoms with Crippen LogP contribution in [0.2, 0.25) is 0 Å². The number of carbonyl (C=O) groups excluding carboxylic acids is 2. The van der Waals surface area contributed by atoms with Crippen LogP contribution in [0, 0.1) is 0 Å². The van der Waals surface area contributed by atoms with E-state index in [4.69, 9.17) is 4.74 Å². The highest BCUT2D eigenvalue weighted by Crippen LogP contribution is 2.20. The van der Waals surface area contributed by atoms with Crippen molar-refractivity contribution in [1.29, 1.82) is 0 Å². The summed E-state index contributed by atoms with van der Waals surface area (Å²) in [6, 6.07) is -1.15. The molecule has 1 atom stereocenters. The van der Waals surface area contributed by atoms with Crippen LogP contribution in [0.25, 0.3) is 0 Å². The number of urea groups is 1. The second kappa shape index (κ2) is 6.02. The molecular formula is C14H23N3O5. The van der Waals surface area contributed by atoms with E-state index in [-0.39, 0.29) is 25.2 Å². The molecule has 1 unspecified atom stereocenters. The monoisotopic (exact) mass is 313 g/mol. The van der Waals surface area contributed by atoms with Crippen LogP contribution in [0.4, 0.5) is 9.59 Å². The number of rotatable bonds is 2. The topological polar surface area (TPSA) is 99.2 Å². The first-order valence-electron chi connectivity index (χ1n) is 7.45. The number of carboxylic acids is 1. The van der Waals surface area contributed by atoms with Gasteiger partial charge in [0.1, 0.15) is 5.60 Å². The fourth-order valence-electron chi connectivity index (χ4n) is 2.21. The molecule has 0 aromatic heterocycles. The lowest BCUT2D eigenvalue weighted by molar-refractivity contribution is -0.145. The summed E-state index contributed by atoms with van der Waals surface area (Å²) in [6.45, 7) is 5.57. The number of piperazine rings is 1. The fraction of sp³-hybridized carbons (Fsp3) is 0.786. The Morgan fingerprint density at radius 2 is 1.82 bits per heavy atom. The van der Waals surface area contributed by atoms with Gasteiger partial charge in [-0.25, -0.2) is 14.4 Å². The zero-order valence-electron chi connectivity index (χ0n) is 13.2. The molecular weight excluding hydrogens is 290 g/mol. The molecule has 8 heteroatoms. The molecule has 0 radical (unpaired) electrons. The normalized spacial score (nSPS) is 22.2. The Morgan fingerprint density at radius 3 is 2.32 bits per heavy atom. The lowest BCUT2D eigenvalue weighted by Gasteiger charge is -2.39. The fourth-order valence-corrected chi connectivity index (χ4v) is 2.21. The van der Waals surface area contributed by atoms with Gasteiger partial charge in [-0.15, -0.1) is 0 Å². The highest BCUT2D eigenvalue weighted by molar-refractivity contribution is 5.82. The van der Waals surface area contributed by atoms with Crippen molar-refractivity contribution in [2.75, 3.05) is 19.6 Å². The van der Waals surface area contributed by atoms with Crippen LogP contribution in [0.1, 0.15) is 33.6 Å². The van der Waals surface area contributed by atoms with Gasteiger partial charge in [-0.3, -0.25) is 4.90 Å². The number of carboxylic acid groups (broad SMARTS) is 1. The first-order valence-corrected chi connectivity index (χ1v) is 7.45. The molecule has 0 aromatic rings. The van der Waals surface area contributed by atoms with E-state index in [0.717, 1.165) is 12.8 Å². The van der Waals surface area contributed by atoms with Gasteiger partial charge in [0.15, 0.2) is 6.04 Å². The van der Waals surface area contributed by atoms with Crippen molar-refractivity contribution in [2.45, 2.75) is 51.3 Å². The SMILES string of the molecule is CC(C)(C)OC(=O)N1CCN(C(=O)NC2CC2)CC1C(=O)O. The first kappa shape index (κ1) is 16.4. The Morgan fingerprint density at radius 1 is 1.18 bits per heavy atom. The summed E-state index contributed by atoms with van der Waals surface area (Å²) in [6.07, 6.45) is 1.26. The smallest absolute Gasteiger partial charge is 0.411 e. The Hall–Kier alpha value is -1.99. The summed E-state index contributed by atoms with van der Waals surface area (Å²) in [5, 5.41) is 12.2. The Kier molecular flexibility index (Phi) is 4.48. The maximum Gasteiger partial charge on any atom is 0.411 e. The van der Waals surface area contributed by atoms with E-state index in [9.17, 15) is 19.5 Å². The third-order valence-electron chi connectivity index (χ3n) is 3.49. The predicted octanol–water partition coefficient (Wildman–Crippen LogP) is 0.864. The number of nitrogens with zero attached hydrogens (tertiary/aromatic N) is 2. The molecule has 124 valence electrons. The third kappa shape index (κ3) is 4.25. The van der Waals surface area contributed by atoms with Crippen LogP contribution >= 0.6 is 0 Å². The van der Waals surface area contributed by atoms with Gasteiger partial charge in [-0.2, -0.15) is 0 Å². The van der Waals surface area contributed by atoms with E-state index in [1.807, 2.05) is 0 Å². The molecule has 2 fully saturated rings. The van der Waals surface area contributed by atoms with Gasteiger partial charge in [-0.05, 0) is 33.6 Å². The average Bonchev–Trinajstić information content (AvgIpc) is 3.19. The van der Waals surface area contributed by atoms with E-state index >= 15 is 0 Å². The summed E-state index contributed by atoms with van der Waals surface area (Å²) >= 11 is 0. The standard InChI is InChI=1S/C14H23N3O5/c1-14(2,3)22-13(21)17-7-6-16(8-10(17)11(18)19)12(20)15-9-4-5-9/h9-10H,4-8H2,1-3H3,(H,15,20)(H,18,19). The molecule has 2 N–H and O–H groups in total. The molecule has 1 aliphatic heterocycles. The molecule has 22 heavy (non-hydrogen) atoms. The van der Waals surface area contributed by atoms with Gasteiger partial charge in [0.05, 0.1) is 6.54 Å². The van der Waals surface area contributed by atoms with Crippen molar-refractivity contribution in [2.24, 2.45) is 0 Å². The van der Waals surface area contributed by atoms with Crippen molar-refractivity contribution >= 4 is 18.1 Å². The van der Waals surface area contributed by atoms with Gasteiger partial charge in [0.2, 0.25) is 0 Å². The predicted molar refractivity (Wildman–Crippen MR) is 77.5 cm³/mol. The van der Waals surface area contributed by atoms with E-state index in [0.29, 0.717) is 6.54 Å². The zero-order valence-corrected chi connectivity index (χ0v) is 13.2. The number of hydrogen-bond acceptors (Lipinski definition) is 4.